The summed E-state index contributed by atoms with van der Waals surface area (Å²) in [6.45, 7) is 0.524. The van der Waals surface area contributed by atoms with E-state index in [-0.39, 0.29) is 19.2 Å². The maximum absolute atomic E-state index is 12.1. The Morgan fingerprint density at radius 1 is 0.871 bits per heavy atom. The van der Waals surface area contributed by atoms with Crippen LogP contribution in [0.25, 0.3) is 11.3 Å². The highest BCUT2D eigenvalue weighted by Gasteiger charge is 2.09. The normalized spacial score (nSPS) is 10.2. The lowest BCUT2D eigenvalue weighted by atomic mass is 10.1. The number of anilines is 1. The van der Waals surface area contributed by atoms with Crippen molar-refractivity contribution in [3.05, 3.63) is 54.6 Å². The van der Waals surface area contributed by atoms with E-state index in [0.29, 0.717) is 23.1 Å². The molecular formula is C22H24N4O5. The van der Waals surface area contributed by atoms with Gasteiger partial charge in [-0.1, -0.05) is 0 Å². The topological polar surface area (TPSA) is 104 Å². The molecule has 9 nitrogen and oxygen atoms in total. The molecule has 2 amide bonds. The van der Waals surface area contributed by atoms with E-state index >= 15 is 0 Å². The number of hydrogen-bond acceptors (Lipinski definition) is 7. The zero-order valence-electron chi connectivity index (χ0n) is 17.5. The number of urea groups is 1. The average Bonchev–Trinajstić information content (AvgIpc) is 2.82. The summed E-state index contributed by atoms with van der Waals surface area (Å²) in [7, 11) is 4.70. The summed E-state index contributed by atoms with van der Waals surface area (Å²) in [6.07, 6.45) is 0. The number of amides is 2. The van der Waals surface area contributed by atoms with Gasteiger partial charge in [-0.25, -0.2) is 4.79 Å². The number of benzene rings is 2. The van der Waals surface area contributed by atoms with Gasteiger partial charge >= 0.3 is 6.03 Å². The van der Waals surface area contributed by atoms with Crippen LogP contribution in [0.1, 0.15) is 0 Å². The Morgan fingerprint density at radius 2 is 1.61 bits per heavy atom. The molecule has 0 radical (unpaired) electrons. The fourth-order valence-electron chi connectivity index (χ4n) is 2.70. The Hall–Kier alpha value is -4.01. The third-order valence-corrected chi connectivity index (χ3v) is 4.32. The van der Waals surface area contributed by atoms with Crippen molar-refractivity contribution in [1.29, 1.82) is 0 Å². The van der Waals surface area contributed by atoms with Gasteiger partial charge in [-0.05, 0) is 42.5 Å². The standard InChI is InChI=1S/C22H24N4O5/c1-28-16-6-4-15(5-7-16)18-10-11-21(26-25-18)31-13-12-23-22(27)24-19-9-8-17(29-2)14-20(19)30-3/h4-11,14H,12-13H2,1-3H3,(H2,23,24,27). The molecule has 1 aromatic heterocycles. The summed E-state index contributed by atoms with van der Waals surface area (Å²) >= 11 is 0. The van der Waals surface area contributed by atoms with Gasteiger partial charge in [-0.15, -0.1) is 10.2 Å². The lowest BCUT2D eigenvalue weighted by Crippen LogP contribution is -2.32. The van der Waals surface area contributed by atoms with Crippen LogP contribution < -0.4 is 29.6 Å². The number of nitrogens with zero attached hydrogens (tertiary/aromatic N) is 2. The van der Waals surface area contributed by atoms with Gasteiger partial charge in [0.25, 0.3) is 0 Å². The molecule has 0 aliphatic heterocycles. The van der Waals surface area contributed by atoms with Gasteiger partial charge in [-0.2, -0.15) is 0 Å². The SMILES string of the molecule is COc1ccc(-c2ccc(OCCNC(=O)Nc3ccc(OC)cc3OC)nn2)cc1. The molecule has 0 unspecified atom stereocenters. The van der Waals surface area contributed by atoms with Crippen LogP contribution in [0.2, 0.25) is 0 Å². The number of ether oxygens (including phenoxy) is 4. The van der Waals surface area contributed by atoms with Crippen LogP contribution in [0.15, 0.2) is 54.6 Å². The Morgan fingerprint density at radius 3 is 2.26 bits per heavy atom. The summed E-state index contributed by atoms with van der Waals surface area (Å²) in [6, 6.07) is 15.8. The van der Waals surface area contributed by atoms with E-state index in [2.05, 4.69) is 20.8 Å². The number of carbonyl (C=O) groups is 1. The summed E-state index contributed by atoms with van der Waals surface area (Å²) < 4.78 is 21.1. The predicted octanol–water partition coefficient (Wildman–Crippen LogP) is 3.37. The molecule has 0 atom stereocenters. The Bertz CT molecular complexity index is 994. The molecule has 0 fully saturated rings. The zero-order valence-corrected chi connectivity index (χ0v) is 17.5. The minimum absolute atomic E-state index is 0.240. The molecule has 0 saturated carbocycles. The predicted molar refractivity (Wildman–Crippen MR) is 116 cm³/mol. The van der Waals surface area contributed by atoms with Gasteiger partial charge in [-0.3, -0.25) is 0 Å². The molecule has 2 aromatic carbocycles. The first kappa shape index (κ1) is 21.7. The Balaban J connectivity index is 1.44. The lowest BCUT2D eigenvalue weighted by Gasteiger charge is -2.12. The van der Waals surface area contributed by atoms with Gasteiger partial charge < -0.3 is 29.6 Å². The Labute approximate surface area is 180 Å². The summed E-state index contributed by atoms with van der Waals surface area (Å²) in [5.74, 6) is 2.28. The summed E-state index contributed by atoms with van der Waals surface area (Å²) in [4.78, 5) is 12.1. The second kappa shape index (κ2) is 10.7. The van der Waals surface area contributed by atoms with Crippen molar-refractivity contribution in [2.75, 3.05) is 39.8 Å². The van der Waals surface area contributed by atoms with E-state index in [4.69, 9.17) is 18.9 Å². The van der Waals surface area contributed by atoms with Crippen molar-refractivity contribution in [3.63, 3.8) is 0 Å². The van der Waals surface area contributed by atoms with E-state index in [1.54, 1.807) is 38.5 Å². The molecule has 162 valence electrons. The molecule has 0 aliphatic rings. The van der Waals surface area contributed by atoms with E-state index in [9.17, 15) is 4.79 Å². The monoisotopic (exact) mass is 424 g/mol. The molecule has 31 heavy (non-hydrogen) atoms. The molecule has 0 saturated heterocycles. The van der Waals surface area contributed by atoms with Gasteiger partial charge in [0.1, 0.15) is 23.9 Å². The molecule has 9 heteroatoms. The first-order chi connectivity index (χ1) is 15.1. The van der Waals surface area contributed by atoms with Crippen molar-refractivity contribution < 1.29 is 23.7 Å². The minimum atomic E-state index is -0.381. The summed E-state index contributed by atoms with van der Waals surface area (Å²) in [5.41, 5.74) is 2.18. The fraction of sp³-hybridized carbons (Fsp3) is 0.227. The third-order valence-electron chi connectivity index (χ3n) is 4.32. The van der Waals surface area contributed by atoms with Crippen LogP contribution >= 0.6 is 0 Å². The molecular weight excluding hydrogens is 400 g/mol. The average molecular weight is 424 g/mol. The largest absolute Gasteiger partial charge is 0.497 e. The first-order valence-electron chi connectivity index (χ1n) is 9.50. The fourth-order valence-corrected chi connectivity index (χ4v) is 2.70. The number of nitrogens with one attached hydrogen (secondary N) is 2. The van der Waals surface area contributed by atoms with E-state index in [0.717, 1.165) is 17.0 Å². The van der Waals surface area contributed by atoms with Gasteiger partial charge in [0.05, 0.1) is 39.3 Å². The molecule has 2 N–H and O–H groups in total. The molecule has 3 rings (SSSR count). The number of rotatable bonds is 9. The second-order valence-corrected chi connectivity index (χ2v) is 6.28. The number of carbonyl (C=O) groups excluding carboxylic acids is 1. The maximum Gasteiger partial charge on any atom is 0.319 e. The van der Waals surface area contributed by atoms with Crippen molar-refractivity contribution >= 4 is 11.7 Å². The van der Waals surface area contributed by atoms with E-state index < -0.39 is 0 Å². The number of aromatic nitrogens is 2. The number of methoxy groups -OCH3 is 3. The van der Waals surface area contributed by atoms with E-state index in [1.165, 1.54) is 7.11 Å². The lowest BCUT2D eigenvalue weighted by molar-refractivity contribution is 0.246. The summed E-state index contributed by atoms with van der Waals surface area (Å²) in [5, 5.41) is 13.7. The molecule has 0 bridgehead atoms. The quantitative estimate of drug-likeness (QED) is 0.508. The highest BCUT2D eigenvalue weighted by atomic mass is 16.5. The van der Waals surface area contributed by atoms with Gasteiger partial charge in [0.2, 0.25) is 5.88 Å². The molecule has 1 heterocycles. The third kappa shape index (κ3) is 5.99. The Kier molecular flexibility index (Phi) is 7.47. The van der Waals surface area contributed by atoms with Crippen LogP contribution in [0.5, 0.6) is 23.1 Å². The molecule has 0 spiro atoms. The smallest absolute Gasteiger partial charge is 0.319 e. The van der Waals surface area contributed by atoms with Gasteiger partial charge in [0, 0.05) is 17.7 Å². The highest BCUT2D eigenvalue weighted by molar-refractivity contribution is 5.91. The minimum Gasteiger partial charge on any atom is -0.497 e. The van der Waals surface area contributed by atoms with Crippen molar-refractivity contribution in [2.45, 2.75) is 0 Å². The van der Waals surface area contributed by atoms with Crippen molar-refractivity contribution in [2.24, 2.45) is 0 Å². The molecule has 0 aliphatic carbocycles. The van der Waals surface area contributed by atoms with Crippen LogP contribution in [0, 0.1) is 0 Å². The second-order valence-electron chi connectivity index (χ2n) is 6.28. The highest BCUT2D eigenvalue weighted by Crippen LogP contribution is 2.28. The molecule has 3 aromatic rings. The van der Waals surface area contributed by atoms with Crippen LogP contribution in [0.3, 0.4) is 0 Å². The van der Waals surface area contributed by atoms with Gasteiger partial charge in [0.15, 0.2) is 0 Å². The van der Waals surface area contributed by atoms with Crippen molar-refractivity contribution in [1.82, 2.24) is 15.5 Å². The zero-order chi connectivity index (χ0) is 22.1. The van der Waals surface area contributed by atoms with E-state index in [1.807, 2.05) is 30.3 Å². The first-order valence-corrected chi connectivity index (χ1v) is 9.50. The van der Waals surface area contributed by atoms with Crippen molar-refractivity contribution in [3.8, 4) is 34.4 Å². The maximum atomic E-state index is 12.1. The van der Waals surface area contributed by atoms with Crippen LogP contribution in [-0.2, 0) is 0 Å². The van der Waals surface area contributed by atoms with Crippen LogP contribution in [-0.4, -0.2) is 50.7 Å². The van der Waals surface area contributed by atoms with Crippen LogP contribution in [0.4, 0.5) is 10.5 Å². The number of hydrogen-bond donors (Lipinski definition) is 2.